The van der Waals surface area contributed by atoms with Gasteiger partial charge >= 0.3 is 0 Å². The number of nitrogens with zero attached hydrogens (tertiary/aromatic N) is 1. The number of carbonyl (C=O) groups is 1. The first kappa shape index (κ1) is 13.0. The number of hydrogen-bond donors (Lipinski definition) is 1. The second-order valence-corrected chi connectivity index (χ2v) is 4.11. The average Bonchev–Trinajstić information content (AvgIpc) is 2.25. The SMILES string of the molecule is CC/C(C)=N/NC(=O)c1ccc(Cl)cc1Cl. The van der Waals surface area contributed by atoms with E-state index < -0.39 is 0 Å². The molecule has 0 saturated heterocycles. The van der Waals surface area contributed by atoms with Crippen LogP contribution >= 0.6 is 23.2 Å². The summed E-state index contributed by atoms with van der Waals surface area (Å²) in [6, 6.07) is 4.70. The Morgan fingerprint density at radius 2 is 2.12 bits per heavy atom. The number of benzene rings is 1. The Bertz CT molecular complexity index is 430. The summed E-state index contributed by atoms with van der Waals surface area (Å²) in [5.74, 6) is -0.338. The molecule has 3 nitrogen and oxygen atoms in total. The zero-order valence-electron chi connectivity index (χ0n) is 9.05. The Kier molecular flexibility index (Phi) is 4.77. The molecule has 0 fully saturated rings. The lowest BCUT2D eigenvalue weighted by molar-refractivity contribution is 0.0955. The molecule has 0 aliphatic carbocycles. The largest absolute Gasteiger partial charge is 0.272 e. The van der Waals surface area contributed by atoms with E-state index in [1.54, 1.807) is 12.1 Å². The Morgan fingerprint density at radius 1 is 1.44 bits per heavy atom. The summed E-state index contributed by atoms with van der Waals surface area (Å²) < 4.78 is 0. The molecule has 0 radical (unpaired) electrons. The molecule has 16 heavy (non-hydrogen) atoms. The summed E-state index contributed by atoms with van der Waals surface area (Å²) in [5, 5.41) is 4.72. The van der Waals surface area contributed by atoms with Crippen LogP contribution in [0.25, 0.3) is 0 Å². The van der Waals surface area contributed by atoms with Crippen LogP contribution in [0.3, 0.4) is 0 Å². The van der Waals surface area contributed by atoms with E-state index in [1.165, 1.54) is 6.07 Å². The molecule has 86 valence electrons. The van der Waals surface area contributed by atoms with Crippen molar-refractivity contribution in [3.63, 3.8) is 0 Å². The monoisotopic (exact) mass is 258 g/mol. The van der Waals surface area contributed by atoms with Crippen LogP contribution in [0.4, 0.5) is 0 Å². The van der Waals surface area contributed by atoms with E-state index in [4.69, 9.17) is 23.2 Å². The number of nitrogens with one attached hydrogen (secondary N) is 1. The van der Waals surface area contributed by atoms with E-state index in [2.05, 4.69) is 10.5 Å². The third-order valence-corrected chi connectivity index (χ3v) is 2.58. The molecule has 0 unspecified atom stereocenters. The zero-order chi connectivity index (χ0) is 12.1. The maximum Gasteiger partial charge on any atom is 0.272 e. The lowest BCUT2D eigenvalue weighted by Gasteiger charge is -2.03. The highest BCUT2D eigenvalue weighted by Crippen LogP contribution is 2.20. The summed E-state index contributed by atoms with van der Waals surface area (Å²) in [6.45, 7) is 3.80. The highest BCUT2D eigenvalue weighted by Gasteiger charge is 2.09. The van der Waals surface area contributed by atoms with Gasteiger partial charge in [-0.25, -0.2) is 5.43 Å². The van der Waals surface area contributed by atoms with Crippen molar-refractivity contribution in [2.24, 2.45) is 5.10 Å². The van der Waals surface area contributed by atoms with Gasteiger partial charge in [-0.15, -0.1) is 0 Å². The molecule has 0 heterocycles. The molecule has 1 rings (SSSR count). The lowest BCUT2D eigenvalue weighted by Crippen LogP contribution is -2.19. The first-order valence-electron chi connectivity index (χ1n) is 4.83. The minimum absolute atomic E-state index is 0.314. The van der Waals surface area contributed by atoms with Crippen molar-refractivity contribution in [2.45, 2.75) is 20.3 Å². The van der Waals surface area contributed by atoms with Crippen molar-refractivity contribution in [1.82, 2.24) is 5.43 Å². The van der Waals surface area contributed by atoms with Gasteiger partial charge < -0.3 is 0 Å². The van der Waals surface area contributed by atoms with Crippen LogP contribution in [0.15, 0.2) is 23.3 Å². The topological polar surface area (TPSA) is 41.5 Å². The van der Waals surface area contributed by atoms with Crippen molar-refractivity contribution in [3.8, 4) is 0 Å². The first-order valence-corrected chi connectivity index (χ1v) is 5.58. The van der Waals surface area contributed by atoms with Crippen LogP contribution in [0.5, 0.6) is 0 Å². The van der Waals surface area contributed by atoms with Crippen LogP contribution in [-0.4, -0.2) is 11.6 Å². The van der Waals surface area contributed by atoms with Crippen LogP contribution in [0.1, 0.15) is 30.6 Å². The molecule has 1 amide bonds. The second-order valence-electron chi connectivity index (χ2n) is 3.27. The third-order valence-electron chi connectivity index (χ3n) is 2.04. The summed E-state index contributed by atoms with van der Waals surface area (Å²) in [4.78, 5) is 11.7. The number of carbonyl (C=O) groups excluding carboxylic acids is 1. The lowest BCUT2D eigenvalue weighted by atomic mass is 10.2. The number of halogens is 2. The van der Waals surface area contributed by atoms with E-state index in [1.807, 2.05) is 13.8 Å². The minimum atomic E-state index is -0.338. The fourth-order valence-corrected chi connectivity index (χ4v) is 1.45. The highest BCUT2D eigenvalue weighted by molar-refractivity contribution is 6.36. The molecule has 0 aromatic heterocycles. The molecule has 0 aliphatic rings. The summed E-state index contributed by atoms with van der Waals surface area (Å²) >= 11 is 11.6. The molecule has 0 saturated carbocycles. The number of rotatable bonds is 3. The molecule has 5 heteroatoms. The molecule has 1 aromatic carbocycles. The molecule has 0 atom stereocenters. The predicted octanol–water partition coefficient (Wildman–Crippen LogP) is 3.51. The van der Waals surface area contributed by atoms with Crippen LogP contribution in [0, 0.1) is 0 Å². The summed E-state index contributed by atoms with van der Waals surface area (Å²) in [6.07, 6.45) is 0.786. The third kappa shape index (κ3) is 3.51. The van der Waals surface area contributed by atoms with Crippen molar-refractivity contribution < 1.29 is 4.79 Å². The average molecular weight is 259 g/mol. The Hall–Kier alpha value is -1.06. The van der Waals surface area contributed by atoms with Gasteiger partial charge in [-0.2, -0.15) is 5.10 Å². The Labute approximate surface area is 104 Å². The van der Waals surface area contributed by atoms with Gasteiger partial charge in [0.05, 0.1) is 10.6 Å². The van der Waals surface area contributed by atoms with Gasteiger partial charge in [0.1, 0.15) is 0 Å². The number of hydrazone groups is 1. The van der Waals surface area contributed by atoms with Gasteiger partial charge in [-0.3, -0.25) is 4.79 Å². The van der Waals surface area contributed by atoms with Gasteiger partial charge in [0, 0.05) is 10.7 Å². The van der Waals surface area contributed by atoms with Crippen molar-refractivity contribution in [1.29, 1.82) is 0 Å². The van der Waals surface area contributed by atoms with Crippen molar-refractivity contribution >= 4 is 34.8 Å². The van der Waals surface area contributed by atoms with Gasteiger partial charge in [0.25, 0.3) is 5.91 Å². The summed E-state index contributed by atoms with van der Waals surface area (Å²) in [5.41, 5.74) is 3.64. The van der Waals surface area contributed by atoms with Crippen molar-refractivity contribution in [2.75, 3.05) is 0 Å². The number of amides is 1. The van der Waals surface area contributed by atoms with E-state index in [-0.39, 0.29) is 5.91 Å². The highest BCUT2D eigenvalue weighted by atomic mass is 35.5. The van der Waals surface area contributed by atoms with E-state index in [0.29, 0.717) is 15.6 Å². The van der Waals surface area contributed by atoms with Gasteiger partial charge in [0.15, 0.2) is 0 Å². The first-order chi connectivity index (χ1) is 7.54. The predicted molar refractivity (Wildman–Crippen MR) is 67.3 cm³/mol. The molecule has 1 aromatic rings. The molecule has 0 spiro atoms. The van der Waals surface area contributed by atoms with Crippen LogP contribution in [-0.2, 0) is 0 Å². The molecule has 1 N–H and O–H groups in total. The minimum Gasteiger partial charge on any atom is -0.267 e. The quantitative estimate of drug-likeness (QED) is 0.655. The summed E-state index contributed by atoms with van der Waals surface area (Å²) in [7, 11) is 0. The Morgan fingerprint density at radius 3 is 2.69 bits per heavy atom. The number of hydrogen-bond acceptors (Lipinski definition) is 2. The van der Waals surface area contributed by atoms with Gasteiger partial charge in [-0.1, -0.05) is 30.1 Å². The maximum atomic E-state index is 11.7. The molecule has 0 aliphatic heterocycles. The van der Waals surface area contributed by atoms with E-state index >= 15 is 0 Å². The Balaban J connectivity index is 2.81. The maximum absolute atomic E-state index is 11.7. The fourth-order valence-electron chi connectivity index (χ4n) is 0.959. The van der Waals surface area contributed by atoms with Gasteiger partial charge in [-0.05, 0) is 31.5 Å². The molecular formula is C11H12Cl2N2O. The van der Waals surface area contributed by atoms with Crippen LogP contribution < -0.4 is 5.43 Å². The van der Waals surface area contributed by atoms with E-state index in [9.17, 15) is 4.79 Å². The fraction of sp³-hybridized carbons (Fsp3) is 0.273. The van der Waals surface area contributed by atoms with Crippen LogP contribution in [0.2, 0.25) is 10.0 Å². The van der Waals surface area contributed by atoms with E-state index in [0.717, 1.165) is 12.1 Å². The standard InChI is InChI=1S/C11H12Cl2N2O/c1-3-7(2)14-15-11(16)9-5-4-8(12)6-10(9)13/h4-6H,3H2,1-2H3,(H,15,16)/b14-7+. The normalized spacial score (nSPS) is 11.4. The van der Waals surface area contributed by atoms with Crippen molar-refractivity contribution in [3.05, 3.63) is 33.8 Å². The zero-order valence-corrected chi connectivity index (χ0v) is 10.6. The second kappa shape index (κ2) is 5.87. The smallest absolute Gasteiger partial charge is 0.267 e. The van der Waals surface area contributed by atoms with Gasteiger partial charge in [0.2, 0.25) is 0 Å². The molecule has 0 bridgehead atoms. The molecular weight excluding hydrogens is 247 g/mol.